The molecule has 3 heteroatoms. The second kappa shape index (κ2) is 5.25. The lowest BCUT2D eigenvalue weighted by Gasteiger charge is -2.07. The first kappa shape index (κ1) is 10.6. The summed E-state index contributed by atoms with van der Waals surface area (Å²) >= 11 is 0. The predicted molar refractivity (Wildman–Crippen MR) is 53.0 cm³/mol. The van der Waals surface area contributed by atoms with Gasteiger partial charge >= 0.3 is 0 Å². The molecule has 0 unspecified atom stereocenters. The highest BCUT2D eigenvalue weighted by atomic mass is 16.7. The summed E-state index contributed by atoms with van der Waals surface area (Å²) in [6.45, 7) is 2.20. The molecule has 0 amide bonds. The van der Waals surface area contributed by atoms with Crippen molar-refractivity contribution >= 4 is 0 Å². The normalized spacial score (nSPS) is 9.50. The van der Waals surface area contributed by atoms with Crippen LogP contribution in [-0.2, 0) is 11.2 Å². The highest BCUT2D eigenvalue weighted by Crippen LogP contribution is 2.17. The van der Waals surface area contributed by atoms with Crippen LogP contribution in [0.2, 0.25) is 0 Å². The molecule has 1 aromatic rings. The van der Waals surface area contributed by atoms with E-state index in [1.807, 2.05) is 25.1 Å². The Balaban J connectivity index is 2.79. The number of aryl methyl sites for hydroxylation is 1. The zero-order valence-corrected chi connectivity index (χ0v) is 8.41. The van der Waals surface area contributed by atoms with Crippen LogP contribution in [0, 0.1) is 18.3 Å². The van der Waals surface area contributed by atoms with Crippen molar-refractivity contribution in [1.29, 1.82) is 5.26 Å². The highest BCUT2D eigenvalue weighted by Gasteiger charge is 1.99. The summed E-state index contributed by atoms with van der Waals surface area (Å²) in [5.74, 6) is 0.747. The first-order valence-corrected chi connectivity index (χ1v) is 4.35. The molecule has 0 aliphatic rings. The Labute approximate surface area is 83.9 Å². The number of benzene rings is 1. The van der Waals surface area contributed by atoms with Crippen LogP contribution in [0.3, 0.4) is 0 Å². The summed E-state index contributed by atoms with van der Waals surface area (Å²) in [4.78, 5) is 0. The largest absolute Gasteiger partial charge is 0.468 e. The van der Waals surface area contributed by atoms with E-state index in [0.717, 1.165) is 16.9 Å². The number of hydrogen-bond acceptors (Lipinski definition) is 3. The molecule has 0 N–H and O–H groups in total. The monoisotopic (exact) mass is 191 g/mol. The molecule has 1 aromatic carbocycles. The zero-order chi connectivity index (χ0) is 10.4. The maximum atomic E-state index is 8.56. The van der Waals surface area contributed by atoms with E-state index < -0.39 is 0 Å². The van der Waals surface area contributed by atoms with Gasteiger partial charge in [-0.05, 0) is 30.2 Å². The number of nitriles is 1. The molecule has 14 heavy (non-hydrogen) atoms. The van der Waals surface area contributed by atoms with Gasteiger partial charge in [0.05, 0.1) is 12.5 Å². The molecular weight excluding hydrogens is 178 g/mol. The van der Waals surface area contributed by atoms with E-state index >= 15 is 0 Å². The molecule has 0 saturated carbocycles. The summed E-state index contributed by atoms with van der Waals surface area (Å²) < 4.78 is 10.1. The number of hydrogen-bond donors (Lipinski definition) is 0. The van der Waals surface area contributed by atoms with Gasteiger partial charge in [0.25, 0.3) is 0 Å². The van der Waals surface area contributed by atoms with Gasteiger partial charge in [-0.1, -0.05) is 6.07 Å². The average molecular weight is 191 g/mol. The second-order valence-electron chi connectivity index (χ2n) is 3.04. The van der Waals surface area contributed by atoms with Gasteiger partial charge in [0, 0.05) is 7.11 Å². The number of methoxy groups -OCH3 is 1. The maximum Gasteiger partial charge on any atom is 0.188 e. The number of rotatable bonds is 4. The van der Waals surface area contributed by atoms with Crippen molar-refractivity contribution in [3.8, 4) is 11.8 Å². The smallest absolute Gasteiger partial charge is 0.188 e. The predicted octanol–water partition coefficient (Wildman–Crippen LogP) is 2.04. The van der Waals surface area contributed by atoms with Crippen molar-refractivity contribution in [2.24, 2.45) is 0 Å². The summed E-state index contributed by atoms with van der Waals surface area (Å²) in [5, 5.41) is 8.56. The van der Waals surface area contributed by atoms with Crippen LogP contribution in [0.25, 0.3) is 0 Å². The minimum Gasteiger partial charge on any atom is -0.468 e. The van der Waals surface area contributed by atoms with Crippen molar-refractivity contribution < 1.29 is 9.47 Å². The highest BCUT2D eigenvalue weighted by molar-refractivity contribution is 5.34. The summed E-state index contributed by atoms with van der Waals surface area (Å²) in [6.07, 6.45) is 0.408. The summed E-state index contributed by atoms with van der Waals surface area (Å²) in [7, 11) is 1.58. The Hall–Kier alpha value is -1.53. The molecule has 0 aliphatic carbocycles. The quantitative estimate of drug-likeness (QED) is 0.684. The molecule has 0 atom stereocenters. The van der Waals surface area contributed by atoms with E-state index in [4.69, 9.17) is 14.7 Å². The Morgan fingerprint density at radius 3 is 2.79 bits per heavy atom. The standard InChI is InChI=1S/C11H13NO2/c1-9-5-10(3-4-12)7-11(6-9)14-8-13-2/h5-7H,3,8H2,1-2H3. The topological polar surface area (TPSA) is 42.2 Å². The van der Waals surface area contributed by atoms with Crippen LogP contribution in [0.4, 0.5) is 0 Å². The third-order valence-corrected chi connectivity index (χ3v) is 1.74. The first-order valence-electron chi connectivity index (χ1n) is 4.35. The van der Waals surface area contributed by atoms with Crippen molar-refractivity contribution in [2.75, 3.05) is 13.9 Å². The molecule has 3 nitrogen and oxygen atoms in total. The Morgan fingerprint density at radius 2 is 2.14 bits per heavy atom. The fourth-order valence-corrected chi connectivity index (χ4v) is 1.23. The van der Waals surface area contributed by atoms with Crippen LogP contribution < -0.4 is 4.74 Å². The molecule has 1 rings (SSSR count). The van der Waals surface area contributed by atoms with Gasteiger partial charge in [-0.3, -0.25) is 0 Å². The van der Waals surface area contributed by atoms with E-state index in [1.54, 1.807) is 7.11 Å². The Bertz CT molecular complexity index is 342. The average Bonchev–Trinajstić information content (AvgIpc) is 2.14. The summed E-state index contributed by atoms with van der Waals surface area (Å²) in [5.41, 5.74) is 2.06. The Morgan fingerprint density at radius 1 is 1.36 bits per heavy atom. The van der Waals surface area contributed by atoms with Crippen LogP contribution in [0.5, 0.6) is 5.75 Å². The van der Waals surface area contributed by atoms with Gasteiger partial charge in [0.15, 0.2) is 6.79 Å². The third kappa shape index (κ3) is 3.08. The molecule has 0 fully saturated rings. The van der Waals surface area contributed by atoms with Gasteiger partial charge in [0.2, 0.25) is 0 Å². The van der Waals surface area contributed by atoms with Crippen molar-refractivity contribution in [3.05, 3.63) is 29.3 Å². The lowest BCUT2D eigenvalue weighted by atomic mass is 10.1. The van der Waals surface area contributed by atoms with Crippen molar-refractivity contribution in [2.45, 2.75) is 13.3 Å². The van der Waals surface area contributed by atoms with Gasteiger partial charge in [-0.25, -0.2) is 0 Å². The van der Waals surface area contributed by atoms with Crippen LogP contribution in [0.15, 0.2) is 18.2 Å². The zero-order valence-electron chi connectivity index (χ0n) is 8.41. The minimum atomic E-state index is 0.232. The Kier molecular flexibility index (Phi) is 3.96. The van der Waals surface area contributed by atoms with E-state index in [9.17, 15) is 0 Å². The van der Waals surface area contributed by atoms with Crippen molar-refractivity contribution in [3.63, 3.8) is 0 Å². The maximum absolute atomic E-state index is 8.56. The molecular formula is C11H13NO2. The molecule has 0 aliphatic heterocycles. The van der Waals surface area contributed by atoms with Crippen LogP contribution in [0.1, 0.15) is 11.1 Å². The lowest BCUT2D eigenvalue weighted by Crippen LogP contribution is -1.99. The SMILES string of the molecule is COCOc1cc(C)cc(CC#N)c1. The van der Waals surface area contributed by atoms with E-state index in [-0.39, 0.29) is 6.79 Å². The number of nitrogens with zero attached hydrogens (tertiary/aromatic N) is 1. The molecule has 0 heterocycles. The fourth-order valence-electron chi connectivity index (χ4n) is 1.23. The van der Waals surface area contributed by atoms with Gasteiger partial charge in [-0.15, -0.1) is 0 Å². The number of ether oxygens (including phenoxy) is 2. The lowest BCUT2D eigenvalue weighted by molar-refractivity contribution is 0.0510. The van der Waals surface area contributed by atoms with E-state index in [1.165, 1.54) is 0 Å². The first-order chi connectivity index (χ1) is 6.76. The van der Waals surface area contributed by atoms with E-state index in [2.05, 4.69) is 6.07 Å². The molecule has 0 bridgehead atoms. The molecule has 74 valence electrons. The summed E-state index contributed by atoms with van der Waals surface area (Å²) in [6, 6.07) is 7.86. The van der Waals surface area contributed by atoms with Gasteiger partial charge in [-0.2, -0.15) is 5.26 Å². The van der Waals surface area contributed by atoms with Crippen LogP contribution >= 0.6 is 0 Å². The van der Waals surface area contributed by atoms with Gasteiger partial charge < -0.3 is 9.47 Å². The van der Waals surface area contributed by atoms with Gasteiger partial charge in [0.1, 0.15) is 5.75 Å². The molecule has 0 spiro atoms. The molecule has 0 saturated heterocycles. The second-order valence-corrected chi connectivity index (χ2v) is 3.04. The fraction of sp³-hybridized carbons (Fsp3) is 0.364. The minimum absolute atomic E-state index is 0.232. The van der Waals surface area contributed by atoms with E-state index in [0.29, 0.717) is 6.42 Å². The molecule has 0 aromatic heterocycles. The van der Waals surface area contributed by atoms with Crippen molar-refractivity contribution in [1.82, 2.24) is 0 Å². The van der Waals surface area contributed by atoms with Crippen LogP contribution in [-0.4, -0.2) is 13.9 Å². The molecule has 0 radical (unpaired) electrons. The third-order valence-electron chi connectivity index (χ3n) is 1.74.